The highest BCUT2D eigenvalue weighted by Crippen LogP contribution is 2.10. The average molecular weight is 216 g/mol. The first kappa shape index (κ1) is 10.4. The Morgan fingerprint density at radius 3 is 2.25 bits per heavy atom. The molecule has 0 bridgehead atoms. The highest BCUT2D eigenvalue weighted by atomic mass is 16.2. The third-order valence-corrected chi connectivity index (χ3v) is 2.32. The van der Waals surface area contributed by atoms with E-state index in [2.05, 4.69) is 4.98 Å². The van der Waals surface area contributed by atoms with Crippen molar-refractivity contribution >= 4 is 0 Å². The van der Waals surface area contributed by atoms with E-state index in [-0.39, 0.29) is 5.56 Å². The second-order valence-corrected chi connectivity index (χ2v) is 3.80. The van der Waals surface area contributed by atoms with Crippen molar-refractivity contribution in [3.63, 3.8) is 0 Å². The highest BCUT2D eigenvalue weighted by molar-refractivity contribution is 5.39. The smallest absolute Gasteiger partial charge is 0.314 e. The van der Waals surface area contributed by atoms with Crippen LogP contribution in [0, 0.1) is 13.8 Å². The summed E-state index contributed by atoms with van der Waals surface area (Å²) < 4.78 is 1.12. The Hall–Kier alpha value is -2.10. The van der Waals surface area contributed by atoms with Gasteiger partial charge in [0.05, 0.1) is 5.69 Å². The van der Waals surface area contributed by atoms with Crippen molar-refractivity contribution in [3.05, 3.63) is 62.4 Å². The van der Waals surface area contributed by atoms with Crippen molar-refractivity contribution in [3.8, 4) is 5.69 Å². The number of aromatic nitrogens is 2. The van der Waals surface area contributed by atoms with Gasteiger partial charge in [-0.05, 0) is 37.1 Å². The number of benzene rings is 1. The molecule has 0 spiro atoms. The number of nitrogens with zero attached hydrogens (tertiary/aromatic N) is 1. The van der Waals surface area contributed by atoms with E-state index in [0.29, 0.717) is 5.69 Å². The van der Waals surface area contributed by atoms with Crippen LogP contribution >= 0.6 is 0 Å². The van der Waals surface area contributed by atoms with Crippen LogP contribution in [0.25, 0.3) is 5.69 Å². The summed E-state index contributed by atoms with van der Waals surface area (Å²) in [7, 11) is 0. The molecule has 0 aliphatic carbocycles. The molecule has 4 nitrogen and oxygen atoms in total. The Morgan fingerprint density at radius 1 is 1.06 bits per heavy atom. The molecule has 0 fully saturated rings. The lowest BCUT2D eigenvalue weighted by Gasteiger charge is -2.06. The molecular weight excluding hydrogens is 204 g/mol. The molecular formula is C12H12N2O2. The van der Waals surface area contributed by atoms with E-state index < -0.39 is 5.69 Å². The number of H-pyrrole nitrogens is 1. The molecule has 82 valence electrons. The van der Waals surface area contributed by atoms with Crippen molar-refractivity contribution in [2.24, 2.45) is 0 Å². The zero-order chi connectivity index (χ0) is 11.7. The Bertz CT molecular complexity index is 589. The number of nitrogens with one attached hydrogen (secondary N) is 1. The number of aryl methyl sites for hydroxylation is 2. The van der Waals surface area contributed by atoms with Crippen molar-refractivity contribution in [2.45, 2.75) is 13.8 Å². The third-order valence-electron chi connectivity index (χ3n) is 2.32. The molecule has 2 rings (SSSR count). The summed E-state index contributed by atoms with van der Waals surface area (Å²) in [6.07, 6.45) is 1.35. The van der Waals surface area contributed by atoms with E-state index in [4.69, 9.17) is 0 Å². The van der Waals surface area contributed by atoms with Gasteiger partial charge in [0.2, 0.25) is 0 Å². The highest BCUT2D eigenvalue weighted by Gasteiger charge is 2.04. The lowest BCUT2D eigenvalue weighted by molar-refractivity contribution is 0.873. The molecule has 0 unspecified atom stereocenters. The largest absolute Gasteiger partial charge is 0.332 e. The van der Waals surface area contributed by atoms with Crippen LogP contribution in [0.3, 0.4) is 0 Å². The second kappa shape index (κ2) is 3.81. The van der Waals surface area contributed by atoms with Crippen LogP contribution in [0.4, 0.5) is 0 Å². The van der Waals surface area contributed by atoms with E-state index >= 15 is 0 Å². The molecule has 16 heavy (non-hydrogen) atoms. The molecule has 0 aliphatic heterocycles. The van der Waals surface area contributed by atoms with Crippen molar-refractivity contribution in [1.29, 1.82) is 0 Å². The molecule has 1 aromatic carbocycles. The number of hydrogen-bond donors (Lipinski definition) is 1. The maximum atomic E-state index is 11.6. The summed E-state index contributed by atoms with van der Waals surface area (Å²) in [5.74, 6) is 0. The van der Waals surface area contributed by atoms with Gasteiger partial charge in [-0.15, -0.1) is 0 Å². The predicted molar refractivity (Wildman–Crippen MR) is 62.1 cm³/mol. The van der Waals surface area contributed by atoms with Crippen LogP contribution in [0.2, 0.25) is 0 Å². The maximum absolute atomic E-state index is 11.6. The van der Waals surface area contributed by atoms with Crippen molar-refractivity contribution in [1.82, 2.24) is 9.55 Å². The van der Waals surface area contributed by atoms with E-state index in [9.17, 15) is 9.59 Å². The van der Waals surface area contributed by atoms with Gasteiger partial charge >= 0.3 is 5.69 Å². The Labute approximate surface area is 92.2 Å². The molecule has 0 radical (unpaired) electrons. The molecule has 0 saturated heterocycles. The van der Waals surface area contributed by atoms with Crippen LogP contribution < -0.4 is 11.2 Å². The fourth-order valence-corrected chi connectivity index (χ4v) is 1.75. The number of rotatable bonds is 1. The molecule has 1 N–H and O–H groups in total. The fraction of sp³-hybridized carbons (Fsp3) is 0.167. The molecule has 2 aromatic rings. The summed E-state index contributed by atoms with van der Waals surface area (Å²) in [6, 6.07) is 6.94. The zero-order valence-corrected chi connectivity index (χ0v) is 9.15. The van der Waals surface area contributed by atoms with Gasteiger partial charge in [0.25, 0.3) is 5.56 Å². The maximum Gasteiger partial charge on any atom is 0.332 e. The van der Waals surface area contributed by atoms with Crippen LogP contribution in [-0.4, -0.2) is 9.55 Å². The summed E-state index contributed by atoms with van der Waals surface area (Å²) in [4.78, 5) is 25.7. The first-order valence-electron chi connectivity index (χ1n) is 4.97. The van der Waals surface area contributed by atoms with Gasteiger partial charge in [-0.2, -0.15) is 0 Å². The van der Waals surface area contributed by atoms with Gasteiger partial charge < -0.3 is 4.98 Å². The lowest BCUT2D eigenvalue weighted by atomic mass is 10.1. The first-order chi connectivity index (χ1) is 7.58. The first-order valence-corrected chi connectivity index (χ1v) is 4.97. The molecule has 4 heteroatoms. The summed E-state index contributed by atoms with van der Waals surface area (Å²) in [5.41, 5.74) is 1.89. The SMILES string of the molecule is Cc1cc(C)cc(-n2c(=O)cc[nH]c2=O)c1. The minimum Gasteiger partial charge on any atom is -0.314 e. The van der Waals surface area contributed by atoms with Gasteiger partial charge in [0.1, 0.15) is 0 Å². The molecule has 0 amide bonds. The monoisotopic (exact) mass is 216 g/mol. The minimum atomic E-state index is -0.419. The van der Waals surface area contributed by atoms with Gasteiger partial charge in [0.15, 0.2) is 0 Å². The standard InChI is InChI=1S/C12H12N2O2/c1-8-5-9(2)7-10(6-8)14-11(15)3-4-13-12(14)16/h3-7H,1-2H3,(H,13,16). The Kier molecular flexibility index (Phi) is 2.48. The summed E-state index contributed by atoms with van der Waals surface area (Å²) >= 11 is 0. The number of hydrogen-bond acceptors (Lipinski definition) is 2. The Balaban J connectivity index is 2.77. The molecule has 1 aromatic heterocycles. The molecule has 0 saturated carbocycles. The van der Waals surface area contributed by atoms with E-state index in [0.717, 1.165) is 15.7 Å². The van der Waals surface area contributed by atoms with Crippen LogP contribution in [0.5, 0.6) is 0 Å². The molecule has 1 heterocycles. The van der Waals surface area contributed by atoms with Crippen molar-refractivity contribution in [2.75, 3.05) is 0 Å². The third kappa shape index (κ3) is 1.82. The number of aromatic amines is 1. The van der Waals surface area contributed by atoms with Crippen LogP contribution in [0.15, 0.2) is 40.1 Å². The van der Waals surface area contributed by atoms with E-state index in [1.165, 1.54) is 12.3 Å². The summed E-state index contributed by atoms with van der Waals surface area (Å²) in [6.45, 7) is 3.86. The van der Waals surface area contributed by atoms with Crippen molar-refractivity contribution < 1.29 is 0 Å². The van der Waals surface area contributed by atoms with Gasteiger partial charge in [-0.1, -0.05) is 6.07 Å². The Morgan fingerprint density at radius 2 is 1.69 bits per heavy atom. The normalized spacial score (nSPS) is 10.4. The van der Waals surface area contributed by atoms with Crippen LogP contribution in [0.1, 0.15) is 11.1 Å². The van der Waals surface area contributed by atoms with Gasteiger partial charge in [-0.25, -0.2) is 9.36 Å². The second-order valence-electron chi connectivity index (χ2n) is 3.80. The topological polar surface area (TPSA) is 54.9 Å². The van der Waals surface area contributed by atoms with Gasteiger partial charge in [-0.3, -0.25) is 4.79 Å². The fourth-order valence-electron chi connectivity index (χ4n) is 1.75. The summed E-state index contributed by atoms with van der Waals surface area (Å²) in [5, 5.41) is 0. The van der Waals surface area contributed by atoms with Gasteiger partial charge in [0, 0.05) is 12.3 Å². The van der Waals surface area contributed by atoms with Crippen LogP contribution in [-0.2, 0) is 0 Å². The molecule has 0 aliphatic rings. The molecule has 0 atom stereocenters. The minimum absolute atomic E-state index is 0.325. The van der Waals surface area contributed by atoms with E-state index in [1.54, 1.807) is 0 Å². The average Bonchev–Trinajstić information content (AvgIpc) is 2.15. The quantitative estimate of drug-likeness (QED) is 0.777. The lowest BCUT2D eigenvalue weighted by Crippen LogP contribution is -2.32. The zero-order valence-electron chi connectivity index (χ0n) is 9.15. The predicted octanol–water partition coefficient (Wildman–Crippen LogP) is 1.14. The van der Waals surface area contributed by atoms with E-state index in [1.807, 2.05) is 32.0 Å².